The second-order valence-corrected chi connectivity index (χ2v) is 6.19. The Kier molecular flexibility index (Phi) is 4.86. The van der Waals surface area contributed by atoms with Crippen molar-refractivity contribution in [1.82, 2.24) is 16.0 Å². The molecule has 1 aliphatic heterocycles. The number of nitrogens with one attached hydrogen (secondary N) is 3. The smallest absolute Gasteiger partial charge is 0.329 e. The average Bonchev–Trinajstić information content (AvgIpc) is 2.42. The lowest BCUT2D eigenvalue weighted by molar-refractivity contribution is -0.146. The molecule has 6 heteroatoms. The third kappa shape index (κ3) is 3.62. The first-order valence-corrected chi connectivity index (χ1v) is 7.55. The van der Waals surface area contributed by atoms with Gasteiger partial charge in [-0.15, -0.1) is 0 Å². The predicted octanol–water partition coefficient (Wildman–Crippen LogP) is 1.07. The molecule has 0 aromatic heterocycles. The number of carboxylic acids is 1. The topological polar surface area (TPSA) is 90.5 Å². The van der Waals surface area contributed by atoms with Crippen molar-refractivity contribution in [3.63, 3.8) is 0 Å². The fraction of sp³-hybridized carbons (Fsp3) is 0.857. The van der Waals surface area contributed by atoms with Crippen LogP contribution in [0.25, 0.3) is 0 Å². The van der Waals surface area contributed by atoms with Crippen LogP contribution in [0.3, 0.4) is 0 Å². The third-order valence-electron chi connectivity index (χ3n) is 4.56. The number of piperidine rings is 1. The van der Waals surface area contributed by atoms with Crippen molar-refractivity contribution in [3.8, 4) is 0 Å². The molecule has 0 bridgehead atoms. The van der Waals surface area contributed by atoms with Gasteiger partial charge in [0.25, 0.3) is 0 Å². The van der Waals surface area contributed by atoms with Crippen molar-refractivity contribution in [2.45, 2.75) is 57.0 Å². The standard InChI is InChI=1S/C14H25N3O3/c1-10-2-6-14(7-3-10,12(18)19)17-13(20)16-11-4-8-15-9-5-11/h10-11,15H,2-9H2,1H3,(H,18,19)(H2,16,17,20). The van der Waals surface area contributed by atoms with Gasteiger partial charge in [-0.1, -0.05) is 6.92 Å². The lowest BCUT2D eigenvalue weighted by Gasteiger charge is -2.37. The predicted molar refractivity (Wildman–Crippen MR) is 75.6 cm³/mol. The molecular formula is C14H25N3O3. The molecule has 20 heavy (non-hydrogen) atoms. The van der Waals surface area contributed by atoms with Crippen molar-refractivity contribution in [1.29, 1.82) is 0 Å². The van der Waals surface area contributed by atoms with E-state index in [0.717, 1.165) is 38.8 Å². The molecule has 2 fully saturated rings. The molecule has 0 radical (unpaired) electrons. The summed E-state index contributed by atoms with van der Waals surface area (Å²) in [6, 6.07) is -0.196. The molecule has 6 nitrogen and oxygen atoms in total. The lowest BCUT2D eigenvalue weighted by Crippen LogP contribution is -2.60. The molecule has 0 aromatic rings. The molecule has 1 saturated carbocycles. The molecule has 0 aromatic carbocycles. The van der Waals surface area contributed by atoms with E-state index in [0.29, 0.717) is 18.8 Å². The molecule has 0 spiro atoms. The maximum Gasteiger partial charge on any atom is 0.329 e. The number of hydrogen-bond donors (Lipinski definition) is 4. The van der Waals surface area contributed by atoms with Gasteiger partial charge in [-0.2, -0.15) is 0 Å². The fourth-order valence-electron chi connectivity index (χ4n) is 3.05. The van der Waals surface area contributed by atoms with E-state index in [-0.39, 0.29) is 12.1 Å². The summed E-state index contributed by atoms with van der Waals surface area (Å²) in [5.74, 6) is -0.374. The molecule has 1 aliphatic carbocycles. The van der Waals surface area contributed by atoms with Crippen molar-refractivity contribution >= 4 is 12.0 Å². The van der Waals surface area contributed by atoms with E-state index in [9.17, 15) is 14.7 Å². The van der Waals surface area contributed by atoms with Crippen molar-refractivity contribution in [3.05, 3.63) is 0 Å². The Bertz CT molecular complexity index is 359. The van der Waals surface area contributed by atoms with E-state index < -0.39 is 11.5 Å². The van der Waals surface area contributed by atoms with Crippen molar-refractivity contribution in [2.24, 2.45) is 5.92 Å². The van der Waals surface area contributed by atoms with Crippen LogP contribution in [0, 0.1) is 5.92 Å². The van der Waals surface area contributed by atoms with E-state index in [2.05, 4.69) is 22.9 Å². The molecular weight excluding hydrogens is 258 g/mol. The van der Waals surface area contributed by atoms with Crippen LogP contribution in [-0.2, 0) is 4.79 Å². The normalized spacial score (nSPS) is 31.6. The van der Waals surface area contributed by atoms with E-state index in [4.69, 9.17) is 0 Å². The number of carbonyl (C=O) groups excluding carboxylic acids is 1. The summed E-state index contributed by atoms with van der Waals surface area (Å²) >= 11 is 0. The number of aliphatic carboxylic acids is 1. The number of rotatable bonds is 3. The van der Waals surface area contributed by atoms with E-state index >= 15 is 0 Å². The van der Waals surface area contributed by atoms with Gasteiger partial charge in [0.2, 0.25) is 0 Å². The van der Waals surface area contributed by atoms with E-state index in [1.807, 2.05) is 0 Å². The minimum Gasteiger partial charge on any atom is -0.480 e. The van der Waals surface area contributed by atoms with Gasteiger partial charge < -0.3 is 21.1 Å². The molecule has 0 unspecified atom stereocenters. The highest BCUT2D eigenvalue weighted by Crippen LogP contribution is 2.32. The Morgan fingerprint density at radius 3 is 2.30 bits per heavy atom. The zero-order chi connectivity index (χ0) is 14.6. The molecule has 2 rings (SSSR count). The monoisotopic (exact) mass is 283 g/mol. The van der Waals surface area contributed by atoms with E-state index in [1.54, 1.807) is 0 Å². The van der Waals surface area contributed by atoms with Crippen LogP contribution >= 0.6 is 0 Å². The number of hydrogen-bond acceptors (Lipinski definition) is 3. The van der Waals surface area contributed by atoms with Crippen LogP contribution in [0.4, 0.5) is 4.79 Å². The molecule has 1 heterocycles. The Morgan fingerprint density at radius 1 is 1.15 bits per heavy atom. The molecule has 1 saturated heterocycles. The minimum atomic E-state index is -1.08. The molecule has 2 amide bonds. The molecule has 0 atom stereocenters. The molecule has 4 N–H and O–H groups in total. The summed E-state index contributed by atoms with van der Waals surface area (Å²) in [5.41, 5.74) is -1.08. The summed E-state index contributed by atoms with van der Waals surface area (Å²) < 4.78 is 0. The van der Waals surface area contributed by atoms with E-state index in [1.165, 1.54) is 0 Å². The second-order valence-electron chi connectivity index (χ2n) is 6.19. The summed E-state index contributed by atoms with van der Waals surface area (Å²) in [6.07, 6.45) is 4.52. The highest BCUT2D eigenvalue weighted by Gasteiger charge is 2.42. The van der Waals surface area contributed by atoms with Gasteiger partial charge in [-0.25, -0.2) is 9.59 Å². The Labute approximate surface area is 119 Å². The third-order valence-corrected chi connectivity index (χ3v) is 4.56. The summed E-state index contributed by atoms with van der Waals surface area (Å²) in [4.78, 5) is 23.6. The van der Waals surface area contributed by atoms with Crippen molar-refractivity contribution in [2.75, 3.05) is 13.1 Å². The van der Waals surface area contributed by atoms with Crippen LogP contribution in [0.15, 0.2) is 0 Å². The number of urea groups is 1. The molecule has 2 aliphatic rings. The fourth-order valence-corrected chi connectivity index (χ4v) is 3.05. The SMILES string of the molecule is CC1CCC(NC(=O)NC2CCNCC2)(C(=O)O)CC1. The van der Waals surface area contributed by atoms with Gasteiger partial charge in [0.05, 0.1) is 0 Å². The maximum atomic E-state index is 12.1. The first kappa shape index (κ1) is 15.1. The average molecular weight is 283 g/mol. The Hall–Kier alpha value is -1.30. The quantitative estimate of drug-likeness (QED) is 0.623. The first-order valence-electron chi connectivity index (χ1n) is 7.55. The highest BCUT2D eigenvalue weighted by molar-refractivity contribution is 5.86. The van der Waals surface area contributed by atoms with Gasteiger partial charge in [0, 0.05) is 6.04 Å². The van der Waals surface area contributed by atoms with Crippen LogP contribution in [0.5, 0.6) is 0 Å². The second kappa shape index (κ2) is 6.43. The van der Waals surface area contributed by atoms with Crippen molar-refractivity contribution < 1.29 is 14.7 Å². The van der Waals surface area contributed by atoms with Gasteiger partial charge in [0.1, 0.15) is 5.54 Å². The lowest BCUT2D eigenvalue weighted by atomic mass is 9.77. The zero-order valence-electron chi connectivity index (χ0n) is 12.1. The van der Waals surface area contributed by atoms with Gasteiger partial charge in [-0.3, -0.25) is 0 Å². The summed E-state index contributed by atoms with van der Waals surface area (Å²) in [5, 5.41) is 18.3. The Morgan fingerprint density at radius 2 is 1.75 bits per heavy atom. The van der Waals surface area contributed by atoms with Gasteiger partial charge in [0.15, 0.2) is 0 Å². The maximum absolute atomic E-state index is 12.1. The summed E-state index contributed by atoms with van der Waals surface area (Å²) in [7, 11) is 0. The van der Waals surface area contributed by atoms with Crippen LogP contribution in [-0.4, -0.2) is 41.8 Å². The van der Waals surface area contributed by atoms with Gasteiger partial charge in [-0.05, 0) is 57.5 Å². The number of carbonyl (C=O) groups is 2. The van der Waals surface area contributed by atoms with Crippen LogP contribution in [0.1, 0.15) is 45.4 Å². The number of carboxylic acid groups (broad SMARTS) is 1. The largest absolute Gasteiger partial charge is 0.480 e. The van der Waals surface area contributed by atoms with Gasteiger partial charge >= 0.3 is 12.0 Å². The summed E-state index contributed by atoms with van der Waals surface area (Å²) in [6.45, 7) is 3.92. The van der Waals surface area contributed by atoms with Crippen LogP contribution < -0.4 is 16.0 Å². The highest BCUT2D eigenvalue weighted by atomic mass is 16.4. The Balaban J connectivity index is 1.90. The number of amides is 2. The first-order chi connectivity index (χ1) is 9.52. The zero-order valence-corrected chi connectivity index (χ0v) is 12.1. The van der Waals surface area contributed by atoms with Crippen LogP contribution in [0.2, 0.25) is 0 Å². The minimum absolute atomic E-state index is 0.143. The molecule has 114 valence electrons.